The van der Waals surface area contributed by atoms with E-state index in [0.29, 0.717) is 6.04 Å². The number of benzene rings is 1. The minimum atomic E-state index is 0.413. The van der Waals surface area contributed by atoms with E-state index in [2.05, 4.69) is 49.1 Å². The van der Waals surface area contributed by atoms with Crippen LogP contribution in [0.4, 0.5) is 5.69 Å². The molecule has 0 bridgehead atoms. The first kappa shape index (κ1) is 13.6. The van der Waals surface area contributed by atoms with Crippen molar-refractivity contribution in [3.8, 4) is 0 Å². The highest BCUT2D eigenvalue weighted by Gasteiger charge is 2.06. The maximum Gasteiger partial charge on any atom is 0.0764 e. The molecule has 0 aliphatic rings. The summed E-state index contributed by atoms with van der Waals surface area (Å²) in [5, 5.41) is 4.56. The summed E-state index contributed by atoms with van der Waals surface area (Å²) < 4.78 is 1.99. The van der Waals surface area contributed by atoms with Crippen molar-refractivity contribution in [2.24, 2.45) is 0 Å². The summed E-state index contributed by atoms with van der Waals surface area (Å²) in [4.78, 5) is 2.25. The molecule has 0 radical (unpaired) electrons. The molecule has 102 valence electrons. The Labute approximate surface area is 114 Å². The van der Waals surface area contributed by atoms with Crippen LogP contribution in [0.15, 0.2) is 36.5 Å². The third-order valence-electron chi connectivity index (χ3n) is 3.06. The second-order valence-electron chi connectivity index (χ2n) is 5.29. The van der Waals surface area contributed by atoms with Crippen molar-refractivity contribution < 1.29 is 0 Å². The first-order valence-electron chi connectivity index (χ1n) is 6.61. The van der Waals surface area contributed by atoms with E-state index >= 15 is 0 Å². The molecule has 0 fully saturated rings. The highest BCUT2D eigenvalue weighted by atomic mass is 15.3. The fraction of sp³-hybridized carbons (Fsp3) is 0.400. The molecule has 0 saturated carbocycles. The van der Waals surface area contributed by atoms with Crippen LogP contribution in [0, 0.1) is 0 Å². The third-order valence-corrected chi connectivity index (χ3v) is 3.06. The molecule has 0 aliphatic carbocycles. The van der Waals surface area contributed by atoms with Gasteiger partial charge in [0.05, 0.1) is 5.69 Å². The van der Waals surface area contributed by atoms with Gasteiger partial charge >= 0.3 is 0 Å². The fourth-order valence-corrected chi connectivity index (χ4v) is 2.02. The fourth-order valence-electron chi connectivity index (χ4n) is 2.02. The number of nitrogens with zero attached hydrogens (tertiary/aromatic N) is 3. The molecule has 0 saturated heterocycles. The number of hydrogen-bond donors (Lipinski definition) is 1. The number of rotatable bonds is 5. The highest BCUT2D eigenvalue weighted by Crippen LogP contribution is 2.10. The van der Waals surface area contributed by atoms with Gasteiger partial charge in [-0.2, -0.15) is 5.10 Å². The van der Waals surface area contributed by atoms with Gasteiger partial charge in [-0.05, 0) is 44.7 Å². The van der Waals surface area contributed by atoms with Crippen LogP contribution in [0.2, 0.25) is 0 Å². The average Bonchev–Trinajstić information content (AvgIpc) is 2.80. The second-order valence-corrected chi connectivity index (χ2v) is 5.29. The quantitative estimate of drug-likeness (QED) is 0.839. The van der Waals surface area contributed by atoms with Gasteiger partial charge in [-0.3, -0.25) is 9.58 Å². The second kappa shape index (κ2) is 5.89. The van der Waals surface area contributed by atoms with Crippen LogP contribution in [0.3, 0.4) is 0 Å². The first-order valence-corrected chi connectivity index (χ1v) is 6.61. The molecule has 0 unspecified atom stereocenters. The van der Waals surface area contributed by atoms with E-state index in [9.17, 15) is 0 Å². The Morgan fingerprint density at radius 3 is 2.42 bits per heavy atom. The molecule has 4 heteroatoms. The van der Waals surface area contributed by atoms with Crippen LogP contribution >= 0.6 is 0 Å². The van der Waals surface area contributed by atoms with Crippen LogP contribution in [-0.4, -0.2) is 21.7 Å². The standard InChI is InChI=1S/C15H22N4/c1-12(2)19-9-8-15(17-19)11-18(3)10-13-4-6-14(16)7-5-13/h4-9,12H,10-11,16H2,1-3H3. The van der Waals surface area contributed by atoms with Gasteiger partial charge in [0.1, 0.15) is 0 Å². The molecule has 1 aromatic heterocycles. The summed E-state index contributed by atoms with van der Waals surface area (Å²) in [6.45, 7) is 6.02. The van der Waals surface area contributed by atoms with Gasteiger partial charge in [0.15, 0.2) is 0 Å². The topological polar surface area (TPSA) is 47.1 Å². The smallest absolute Gasteiger partial charge is 0.0764 e. The lowest BCUT2D eigenvalue weighted by molar-refractivity contribution is 0.313. The third kappa shape index (κ3) is 3.83. The van der Waals surface area contributed by atoms with Gasteiger partial charge in [-0.25, -0.2) is 0 Å². The molecule has 0 amide bonds. The van der Waals surface area contributed by atoms with E-state index in [4.69, 9.17) is 5.73 Å². The number of nitrogens with two attached hydrogens (primary N) is 1. The van der Waals surface area contributed by atoms with E-state index in [-0.39, 0.29) is 0 Å². The van der Waals surface area contributed by atoms with Crippen molar-refractivity contribution in [2.75, 3.05) is 12.8 Å². The molecule has 1 heterocycles. The average molecular weight is 258 g/mol. The van der Waals surface area contributed by atoms with Gasteiger partial charge in [0.2, 0.25) is 0 Å². The molecule has 2 aromatic rings. The summed E-state index contributed by atoms with van der Waals surface area (Å²) in [6, 6.07) is 10.5. The first-order chi connectivity index (χ1) is 9.04. The number of hydrogen-bond acceptors (Lipinski definition) is 3. The van der Waals surface area contributed by atoms with E-state index in [0.717, 1.165) is 24.5 Å². The van der Waals surface area contributed by atoms with E-state index in [1.807, 2.05) is 23.0 Å². The van der Waals surface area contributed by atoms with Gasteiger partial charge in [-0.1, -0.05) is 12.1 Å². The maximum atomic E-state index is 5.69. The van der Waals surface area contributed by atoms with Crippen LogP contribution < -0.4 is 5.73 Å². The zero-order valence-electron chi connectivity index (χ0n) is 11.9. The van der Waals surface area contributed by atoms with Gasteiger partial charge in [-0.15, -0.1) is 0 Å². The molecule has 19 heavy (non-hydrogen) atoms. The lowest BCUT2D eigenvalue weighted by atomic mass is 10.2. The van der Waals surface area contributed by atoms with E-state index < -0.39 is 0 Å². The van der Waals surface area contributed by atoms with Gasteiger partial charge < -0.3 is 5.73 Å². The van der Waals surface area contributed by atoms with Crippen molar-refractivity contribution in [2.45, 2.75) is 33.0 Å². The van der Waals surface area contributed by atoms with Crippen molar-refractivity contribution in [3.63, 3.8) is 0 Å². The number of anilines is 1. The van der Waals surface area contributed by atoms with Crippen LogP contribution in [0.1, 0.15) is 31.1 Å². The summed E-state index contributed by atoms with van der Waals surface area (Å²) in [7, 11) is 2.10. The lowest BCUT2D eigenvalue weighted by Crippen LogP contribution is -2.18. The van der Waals surface area contributed by atoms with Crippen LogP contribution in [0.5, 0.6) is 0 Å². The molecule has 1 aromatic carbocycles. The number of aromatic nitrogens is 2. The Morgan fingerprint density at radius 1 is 1.16 bits per heavy atom. The molecule has 4 nitrogen and oxygen atoms in total. The normalized spacial score (nSPS) is 11.4. The SMILES string of the molecule is CC(C)n1ccc(CN(C)Cc2ccc(N)cc2)n1. The minimum absolute atomic E-state index is 0.413. The predicted octanol–water partition coefficient (Wildman–Crippen LogP) is 2.68. The Bertz CT molecular complexity index is 513. The molecule has 2 N–H and O–H groups in total. The Balaban J connectivity index is 1.93. The molecule has 0 atom stereocenters. The zero-order valence-corrected chi connectivity index (χ0v) is 11.9. The molecule has 2 rings (SSSR count). The highest BCUT2D eigenvalue weighted by molar-refractivity contribution is 5.39. The summed E-state index contributed by atoms with van der Waals surface area (Å²) >= 11 is 0. The van der Waals surface area contributed by atoms with Crippen molar-refractivity contribution >= 4 is 5.69 Å². The Kier molecular flexibility index (Phi) is 4.22. The van der Waals surface area contributed by atoms with E-state index in [1.54, 1.807) is 0 Å². The van der Waals surface area contributed by atoms with Crippen molar-refractivity contribution in [3.05, 3.63) is 47.8 Å². The van der Waals surface area contributed by atoms with Gasteiger partial charge in [0.25, 0.3) is 0 Å². The Hall–Kier alpha value is -1.81. The minimum Gasteiger partial charge on any atom is -0.399 e. The monoisotopic (exact) mass is 258 g/mol. The summed E-state index contributed by atoms with van der Waals surface area (Å²) in [5.74, 6) is 0. The van der Waals surface area contributed by atoms with E-state index in [1.165, 1.54) is 5.56 Å². The maximum absolute atomic E-state index is 5.69. The van der Waals surface area contributed by atoms with Crippen molar-refractivity contribution in [1.29, 1.82) is 0 Å². The Morgan fingerprint density at radius 2 is 1.84 bits per heavy atom. The molecular weight excluding hydrogens is 236 g/mol. The van der Waals surface area contributed by atoms with Crippen molar-refractivity contribution in [1.82, 2.24) is 14.7 Å². The molecular formula is C15H22N4. The summed E-state index contributed by atoms with van der Waals surface area (Å²) in [5.41, 5.74) is 8.86. The predicted molar refractivity (Wildman–Crippen MR) is 78.6 cm³/mol. The zero-order chi connectivity index (χ0) is 13.8. The van der Waals surface area contributed by atoms with Gasteiger partial charge in [0, 0.05) is 31.0 Å². The lowest BCUT2D eigenvalue weighted by Gasteiger charge is -2.15. The van der Waals surface area contributed by atoms with Crippen LogP contribution in [-0.2, 0) is 13.1 Å². The molecule has 0 spiro atoms. The number of nitrogen functional groups attached to an aromatic ring is 1. The summed E-state index contributed by atoms with van der Waals surface area (Å²) in [6.07, 6.45) is 2.04. The molecule has 0 aliphatic heterocycles. The largest absolute Gasteiger partial charge is 0.399 e. The van der Waals surface area contributed by atoms with Crippen LogP contribution in [0.25, 0.3) is 0 Å².